The maximum absolute atomic E-state index is 10.4. The Kier molecular flexibility index (Phi) is 4.78. The Morgan fingerprint density at radius 3 is 2.50 bits per heavy atom. The van der Waals surface area contributed by atoms with Gasteiger partial charge < -0.3 is 10.4 Å². The summed E-state index contributed by atoms with van der Waals surface area (Å²) in [6.07, 6.45) is -0.768. The van der Waals surface area contributed by atoms with Crippen LogP contribution >= 0.6 is 0 Å². The van der Waals surface area contributed by atoms with Gasteiger partial charge in [0.1, 0.15) is 0 Å². The Balaban J connectivity index is 3.82. The quantitative estimate of drug-likeness (QED) is 0.427. The Morgan fingerprint density at radius 1 is 1.58 bits per heavy atom. The molecule has 0 rings (SSSR count). The molecule has 0 bridgehead atoms. The highest BCUT2D eigenvalue weighted by Crippen LogP contribution is 1.97. The summed E-state index contributed by atoms with van der Waals surface area (Å²) in [6.45, 7) is 1.71. The van der Waals surface area contributed by atoms with Crippen LogP contribution in [0, 0.1) is 0 Å². The van der Waals surface area contributed by atoms with E-state index in [2.05, 4.69) is 10.2 Å². The summed E-state index contributed by atoms with van der Waals surface area (Å²) in [6, 6.07) is -0.512. The molecule has 0 saturated carbocycles. The fourth-order valence-electron chi connectivity index (χ4n) is 0.701. The molecular weight excluding hydrogens is 166 g/mol. The first-order valence-corrected chi connectivity index (χ1v) is 3.43. The molecule has 12 heavy (non-hydrogen) atoms. The zero-order valence-electron chi connectivity index (χ0n) is 6.61. The lowest BCUT2D eigenvalue weighted by Gasteiger charge is -2.11. The second-order valence-electron chi connectivity index (χ2n) is 2.23. The van der Waals surface area contributed by atoms with E-state index in [4.69, 9.17) is 10.4 Å². The summed E-state index contributed by atoms with van der Waals surface area (Å²) < 4.78 is 0. The van der Waals surface area contributed by atoms with Gasteiger partial charge in [0.15, 0.2) is 0 Å². The molecule has 0 fully saturated rings. The molecule has 0 saturated heterocycles. The van der Waals surface area contributed by atoms with E-state index < -0.39 is 18.1 Å². The molecule has 0 spiro atoms. The first kappa shape index (κ1) is 10.7. The average Bonchev–Trinajstić information content (AvgIpc) is 2.02. The van der Waals surface area contributed by atoms with Crippen molar-refractivity contribution in [3.05, 3.63) is 0 Å². The first-order chi connectivity index (χ1) is 5.60. The van der Waals surface area contributed by atoms with E-state index in [0.29, 0.717) is 6.42 Å². The monoisotopic (exact) mass is 177 g/mol. The van der Waals surface area contributed by atoms with Crippen LogP contribution in [0.3, 0.4) is 0 Å². The number of carboxylic acid groups (broad SMARTS) is 1. The van der Waals surface area contributed by atoms with Crippen molar-refractivity contribution in [2.24, 2.45) is 0 Å². The van der Waals surface area contributed by atoms with Crippen LogP contribution in [0.2, 0.25) is 0 Å². The summed E-state index contributed by atoms with van der Waals surface area (Å²) in [4.78, 5) is 23.9. The lowest BCUT2D eigenvalue weighted by molar-refractivity contribution is -0.178. The maximum atomic E-state index is 10.4. The molecule has 6 heteroatoms. The minimum absolute atomic E-state index is 0.189. The van der Waals surface area contributed by atoms with Gasteiger partial charge in [0.05, 0.1) is 6.42 Å². The predicted molar refractivity (Wildman–Crippen MR) is 38.6 cm³/mol. The van der Waals surface area contributed by atoms with Gasteiger partial charge >= 0.3 is 12.1 Å². The lowest BCUT2D eigenvalue weighted by Crippen LogP contribution is -2.35. The number of aliphatic carboxylic acids is 1. The van der Waals surface area contributed by atoms with Crippen LogP contribution in [0.5, 0.6) is 0 Å². The van der Waals surface area contributed by atoms with Gasteiger partial charge in [-0.25, -0.2) is 4.79 Å². The Labute approximate surface area is 69.1 Å². The van der Waals surface area contributed by atoms with E-state index >= 15 is 0 Å². The topological polar surface area (TPSA) is 95.9 Å². The third-order valence-electron chi connectivity index (χ3n) is 1.32. The number of carboxylic acids is 1. The van der Waals surface area contributed by atoms with Crippen molar-refractivity contribution >= 4 is 12.1 Å². The third kappa shape index (κ3) is 4.51. The Morgan fingerprint density at radius 2 is 2.17 bits per heavy atom. The van der Waals surface area contributed by atoms with Crippen molar-refractivity contribution < 1.29 is 24.8 Å². The number of carbonyl (C=O) groups excluding carboxylic acids is 1. The van der Waals surface area contributed by atoms with Gasteiger partial charge in [-0.05, 0) is 6.42 Å². The number of carbonyl (C=O) groups is 2. The fraction of sp³-hybridized carbons (Fsp3) is 0.667. The third-order valence-corrected chi connectivity index (χ3v) is 1.32. The molecule has 0 radical (unpaired) electrons. The molecule has 0 aliphatic heterocycles. The molecule has 70 valence electrons. The molecule has 1 unspecified atom stereocenters. The zero-order valence-corrected chi connectivity index (χ0v) is 6.61. The number of amides is 1. The van der Waals surface area contributed by atoms with E-state index in [1.54, 1.807) is 6.92 Å². The highest BCUT2D eigenvalue weighted by Gasteiger charge is 2.14. The van der Waals surface area contributed by atoms with Crippen molar-refractivity contribution in [3.8, 4) is 0 Å². The molecule has 6 nitrogen and oxygen atoms in total. The summed E-state index contributed by atoms with van der Waals surface area (Å²) in [5, 5.41) is 18.4. The molecule has 1 atom stereocenters. The Bertz CT molecular complexity index is 169. The molecular formula is C6H11NO5. The highest BCUT2D eigenvalue weighted by atomic mass is 17.1. The second-order valence-corrected chi connectivity index (χ2v) is 2.23. The van der Waals surface area contributed by atoms with Crippen LogP contribution in [0.25, 0.3) is 0 Å². The van der Waals surface area contributed by atoms with Gasteiger partial charge in [0, 0.05) is 6.04 Å². The van der Waals surface area contributed by atoms with Gasteiger partial charge in [-0.15, -0.1) is 0 Å². The number of hydrogen-bond acceptors (Lipinski definition) is 4. The first-order valence-electron chi connectivity index (χ1n) is 3.43. The predicted octanol–water partition coefficient (Wildman–Crippen LogP) is 0.439. The van der Waals surface area contributed by atoms with E-state index in [1.165, 1.54) is 0 Å². The van der Waals surface area contributed by atoms with Crippen LogP contribution in [-0.4, -0.2) is 28.5 Å². The van der Waals surface area contributed by atoms with Crippen LogP contribution < -0.4 is 5.32 Å². The molecule has 0 aromatic heterocycles. The van der Waals surface area contributed by atoms with Crippen molar-refractivity contribution in [3.63, 3.8) is 0 Å². The molecule has 0 aromatic rings. The van der Waals surface area contributed by atoms with Crippen molar-refractivity contribution in [1.29, 1.82) is 0 Å². The van der Waals surface area contributed by atoms with Crippen LogP contribution in [0.15, 0.2) is 0 Å². The van der Waals surface area contributed by atoms with Gasteiger partial charge in [-0.2, -0.15) is 5.26 Å². The van der Waals surface area contributed by atoms with E-state index in [0.717, 1.165) is 0 Å². The summed E-state index contributed by atoms with van der Waals surface area (Å²) in [5.74, 6) is -1.01. The van der Waals surface area contributed by atoms with Crippen LogP contribution in [0.1, 0.15) is 19.8 Å². The Hall–Kier alpha value is -1.30. The molecule has 0 aromatic carbocycles. The average molecular weight is 177 g/mol. The molecule has 1 amide bonds. The summed E-state index contributed by atoms with van der Waals surface area (Å²) in [5.41, 5.74) is 0. The SMILES string of the molecule is CCC(CC(=O)O)NC(=O)OO. The van der Waals surface area contributed by atoms with Gasteiger partial charge in [0.25, 0.3) is 0 Å². The molecule has 0 aliphatic rings. The zero-order chi connectivity index (χ0) is 9.56. The van der Waals surface area contributed by atoms with Crippen LogP contribution in [-0.2, 0) is 9.68 Å². The minimum atomic E-state index is -1.04. The van der Waals surface area contributed by atoms with Crippen molar-refractivity contribution in [1.82, 2.24) is 5.32 Å². The largest absolute Gasteiger partial charge is 0.481 e. The normalized spacial score (nSPS) is 11.8. The van der Waals surface area contributed by atoms with Crippen molar-refractivity contribution in [2.45, 2.75) is 25.8 Å². The van der Waals surface area contributed by atoms with E-state index in [1.807, 2.05) is 0 Å². The van der Waals surface area contributed by atoms with Gasteiger partial charge in [0.2, 0.25) is 0 Å². The highest BCUT2D eigenvalue weighted by molar-refractivity contribution is 5.70. The number of hydrogen-bond donors (Lipinski definition) is 3. The second kappa shape index (κ2) is 5.36. The molecule has 0 aliphatic carbocycles. The summed E-state index contributed by atoms with van der Waals surface area (Å²) in [7, 11) is 0. The molecule has 3 N–H and O–H groups in total. The van der Waals surface area contributed by atoms with Crippen LogP contribution in [0.4, 0.5) is 4.79 Å². The maximum Gasteiger partial charge on any atom is 0.438 e. The number of rotatable bonds is 4. The van der Waals surface area contributed by atoms with Gasteiger partial charge in [-0.3, -0.25) is 9.68 Å². The van der Waals surface area contributed by atoms with Crippen molar-refractivity contribution in [2.75, 3.05) is 0 Å². The fourth-order valence-corrected chi connectivity index (χ4v) is 0.701. The van der Waals surface area contributed by atoms with E-state index in [-0.39, 0.29) is 6.42 Å². The summed E-state index contributed by atoms with van der Waals surface area (Å²) >= 11 is 0. The number of nitrogens with one attached hydrogen (secondary N) is 1. The lowest BCUT2D eigenvalue weighted by atomic mass is 10.1. The minimum Gasteiger partial charge on any atom is -0.481 e. The standard InChI is InChI=1S/C6H11NO5/c1-2-4(3-5(8)9)7-6(10)12-11/h4,11H,2-3H2,1H3,(H,7,10)(H,8,9). The van der Waals surface area contributed by atoms with E-state index in [9.17, 15) is 9.59 Å². The molecule has 0 heterocycles. The smallest absolute Gasteiger partial charge is 0.438 e. The van der Waals surface area contributed by atoms with Gasteiger partial charge in [-0.1, -0.05) is 6.92 Å².